The Morgan fingerprint density at radius 2 is 1.60 bits per heavy atom. The highest BCUT2D eigenvalue weighted by atomic mass is 15.2. The van der Waals surface area contributed by atoms with Crippen LogP contribution in [0, 0.1) is 34.5 Å². The molecule has 0 N–H and O–H groups in total. The second kappa shape index (κ2) is 5.02. The van der Waals surface area contributed by atoms with Crippen LogP contribution < -0.4 is 0 Å². The van der Waals surface area contributed by atoms with Crippen LogP contribution in [0.3, 0.4) is 0 Å². The van der Waals surface area contributed by atoms with Gasteiger partial charge in [0.1, 0.15) is 0 Å². The fourth-order valence-electron chi connectivity index (χ4n) is 6.42. The van der Waals surface area contributed by atoms with Gasteiger partial charge in [0.05, 0.1) is 12.1 Å². The van der Waals surface area contributed by atoms with Crippen LogP contribution in [0.2, 0.25) is 0 Å². The van der Waals surface area contributed by atoms with Gasteiger partial charge in [0.2, 0.25) is 0 Å². The van der Waals surface area contributed by atoms with E-state index in [9.17, 15) is 5.26 Å². The van der Waals surface area contributed by atoms with Gasteiger partial charge in [0.25, 0.3) is 0 Å². The van der Waals surface area contributed by atoms with Crippen LogP contribution in [0.4, 0.5) is 0 Å². The van der Waals surface area contributed by atoms with Gasteiger partial charge in [0, 0.05) is 6.54 Å². The van der Waals surface area contributed by atoms with E-state index in [1.165, 1.54) is 70.9 Å². The van der Waals surface area contributed by atoms with Crippen LogP contribution in [0.15, 0.2) is 0 Å². The lowest BCUT2D eigenvalue weighted by Gasteiger charge is -2.58. The molecule has 0 spiro atoms. The Labute approximate surface area is 123 Å². The lowest BCUT2D eigenvalue weighted by Crippen LogP contribution is -2.52. The summed E-state index contributed by atoms with van der Waals surface area (Å²) in [6.07, 6.45) is 14.0. The molecule has 0 aromatic heterocycles. The first-order valence-corrected chi connectivity index (χ1v) is 8.90. The van der Waals surface area contributed by atoms with Crippen LogP contribution in [-0.2, 0) is 0 Å². The maximum atomic E-state index is 9.51. The van der Waals surface area contributed by atoms with E-state index in [-0.39, 0.29) is 6.04 Å². The molecule has 0 amide bonds. The molecule has 1 atom stereocenters. The van der Waals surface area contributed by atoms with Crippen molar-refractivity contribution in [3.8, 4) is 6.07 Å². The molecule has 4 saturated carbocycles. The minimum absolute atomic E-state index is 0.213. The second-order valence-electron chi connectivity index (χ2n) is 8.38. The Bertz CT molecular complexity index is 373. The minimum Gasteiger partial charge on any atom is -0.288 e. The molecule has 1 heterocycles. The Morgan fingerprint density at radius 3 is 2.20 bits per heavy atom. The van der Waals surface area contributed by atoms with Gasteiger partial charge in [-0.25, -0.2) is 0 Å². The fourth-order valence-corrected chi connectivity index (χ4v) is 6.42. The fraction of sp³-hybridized carbons (Fsp3) is 0.944. The van der Waals surface area contributed by atoms with Gasteiger partial charge in [-0.2, -0.15) is 5.26 Å². The molecule has 2 heteroatoms. The van der Waals surface area contributed by atoms with Crippen LogP contribution in [-0.4, -0.2) is 24.0 Å². The second-order valence-corrected chi connectivity index (χ2v) is 8.38. The maximum absolute atomic E-state index is 9.51. The molecule has 1 saturated heterocycles. The molecule has 5 aliphatic rings. The van der Waals surface area contributed by atoms with E-state index >= 15 is 0 Å². The van der Waals surface area contributed by atoms with E-state index in [4.69, 9.17) is 0 Å². The van der Waals surface area contributed by atoms with Crippen LogP contribution in [0.25, 0.3) is 0 Å². The van der Waals surface area contributed by atoms with Gasteiger partial charge in [-0.15, -0.1) is 0 Å². The van der Waals surface area contributed by atoms with Gasteiger partial charge < -0.3 is 0 Å². The molecule has 20 heavy (non-hydrogen) atoms. The molecule has 0 aromatic carbocycles. The Kier molecular flexibility index (Phi) is 3.30. The van der Waals surface area contributed by atoms with Gasteiger partial charge >= 0.3 is 0 Å². The number of rotatable bonds is 2. The zero-order valence-electron chi connectivity index (χ0n) is 12.7. The Balaban J connectivity index is 1.51. The van der Waals surface area contributed by atoms with Crippen molar-refractivity contribution in [1.29, 1.82) is 5.26 Å². The lowest BCUT2D eigenvalue weighted by molar-refractivity contribution is -0.0716. The molecular weight excluding hydrogens is 244 g/mol. The first-order chi connectivity index (χ1) is 9.76. The highest BCUT2D eigenvalue weighted by Gasteiger charge is 2.51. The predicted molar refractivity (Wildman–Crippen MR) is 80.0 cm³/mol. The summed E-state index contributed by atoms with van der Waals surface area (Å²) in [7, 11) is 0. The topological polar surface area (TPSA) is 27.0 Å². The molecule has 1 unspecified atom stereocenters. The third-order valence-electron chi connectivity index (χ3n) is 6.72. The van der Waals surface area contributed by atoms with Gasteiger partial charge in [-0.1, -0.05) is 12.8 Å². The average Bonchev–Trinajstić information content (AvgIpc) is 2.61. The van der Waals surface area contributed by atoms with Crippen molar-refractivity contribution in [2.24, 2.45) is 23.2 Å². The van der Waals surface area contributed by atoms with Crippen LogP contribution in [0.1, 0.15) is 64.2 Å². The first-order valence-electron chi connectivity index (χ1n) is 8.90. The Morgan fingerprint density at radius 1 is 0.950 bits per heavy atom. The smallest absolute Gasteiger partial charge is 0.0978 e. The highest BCUT2D eigenvalue weighted by molar-refractivity contribution is 5.04. The van der Waals surface area contributed by atoms with Gasteiger partial charge in [0.15, 0.2) is 0 Å². The summed E-state index contributed by atoms with van der Waals surface area (Å²) >= 11 is 0. The summed E-state index contributed by atoms with van der Waals surface area (Å²) in [6, 6.07) is 2.82. The molecule has 4 bridgehead atoms. The zero-order valence-corrected chi connectivity index (χ0v) is 12.7. The van der Waals surface area contributed by atoms with E-state index in [0.717, 1.165) is 24.2 Å². The zero-order chi connectivity index (χ0) is 13.6. The summed E-state index contributed by atoms with van der Waals surface area (Å²) < 4.78 is 0. The molecule has 5 fully saturated rings. The standard InChI is InChI=1S/C18H28N2/c19-12-17-4-2-1-3-5-20(17)13-18-9-14-6-15(10-18)8-16(7-14)11-18/h14-17H,1-11,13H2. The number of hydrogen-bond acceptors (Lipinski definition) is 2. The van der Waals surface area contributed by atoms with E-state index < -0.39 is 0 Å². The van der Waals surface area contributed by atoms with E-state index in [0.29, 0.717) is 5.41 Å². The predicted octanol–water partition coefficient (Wildman–Crippen LogP) is 3.97. The summed E-state index contributed by atoms with van der Waals surface area (Å²) in [5.41, 5.74) is 0.605. The van der Waals surface area contributed by atoms with Crippen molar-refractivity contribution in [3.05, 3.63) is 0 Å². The van der Waals surface area contributed by atoms with Crippen LogP contribution in [0.5, 0.6) is 0 Å². The van der Waals surface area contributed by atoms with Crippen molar-refractivity contribution >= 4 is 0 Å². The molecule has 110 valence electrons. The number of nitrogens with zero attached hydrogens (tertiary/aromatic N) is 2. The summed E-state index contributed by atoms with van der Waals surface area (Å²) in [4.78, 5) is 2.58. The molecule has 0 aromatic rings. The number of nitriles is 1. The lowest BCUT2D eigenvalue weighted by atomic mass is 9.49. The van der Waals surface area contributed by atoms with Crippen LogP contribution >= 0.6 is 0 Å². The molecule has 1 aliphatic heterocycles. The first kappa shape index (κ1) is 13.1. The summed E-state index contributed by atoms with van der Waals surface area (Å²) in [5, 5.41) is 9.51. The van der Waals surface area contributed by atoms with Crippen molar-refractivity contribution in [3.63, 3.8) is 0 Å². The maximum Gasteiger partial charge on any atom is 0.0978 e. The number of hydrogen-bond donors (Lipinski definition) is 0. The van der Waals surface area contributed by atoms with Crippen molar-refractivity contribution in [1.82, 2.24) is 4.90 Å². The SMILES string of the molecule is N#CC1CCCCCN1CC12CC3CC(CC(C3)C1)C2. The van der Waals surface area contributed by atoms with Crippen molar-refractivity contribution in [2.45, 2.75) is 70.3 Å². The molecule has 0 radical (unpaired) electrons. The molecule has 4 aliphatic carbocycles. The average molecular weight is 272 g/mol. The van der Waals surface area contributed by atoms with Gasteiger partial charge in [-0.3, -0.25) is 4.90 Å². The summed E-state index contributed by atoms with van der Waals surface area (Å²) in [6.45, 7) is 2.43. The third kappa shape index (κ3) is 2.29. The molecular formula is C18H28N2. The van der Waals surface area contributed by atoms with E-state index in [1.807, 2.05) is 0 Å². The number of likely N-dealkylation sites (tertiary alicyclic amines) is 1. The quantitative estimate of drug-likeness (QED) is 0.760. The largest absolute Gasteiger partial charge is 0.288 e. The van der Waals surface area contributed by atoms with Crippen molar-refractivity contribution in [2.75, 3.05) is 13.1 Å². The monoisotopic (exact) mass is 272 g/mol. The van der Waals surface area contributed by atoms with E-state index in [2.05, 4.69) is 11.0 Å². The minimum atomic E-state index is 0.213. The summed E-state index contributed by atoms with van der Waals surface area (Å²) in [5.74, 6) is 3.11. The normalized spacial score (nSPS) is 48.0. The van der Waals surface area contributed by atoms with E-state index in [1.54, 1.807) is 0 Å². The third-order valence-corrected chi connectivity index (χ3v) is 6.72. The Hall–Kier alpha value is -0.550. The van der Waals surface area contributed by atoms with Gasteiger partial charge in [-0.05, 0) is 81.1 Å². The highest BCUT2D eigenvalue weighted by Crippen LogP contribution is 2.60. The molecule has 2 nitrogen and oxygen atoms in total. The van der Waals surface area contributed by atoms with Crippen molar-refractivity contribution < 1.29 is 0 Å². The molecule has 5 rings (SSSR count).